The molecule has 13 heavy (non-hydrogen) atoms. The van der Waals surface area contributed by atoms with Gasteiger partial charge in [0.05, 0.1) is 0 Å². The second-order valence-electron chi connectivity index (χ2n) is 3.52. The summed E-state index contributed by atoms with van der Waals surface area (Å²) in [4.78, 5) is 0. The lowest BCUT2D eigenvalue weighted by Crippen LogP contribution is -2.03. The third-order valence-corrected chi connectivity index (χ3v) is 2.00. The molecule has 0 aliphatic heterocycles. The Morgan fingerprint density at radius 3 is 2.38 bits per heavy atom. The van der Waals surface area contributed by atoms with Crippen LogP contribution in [-0.2, 0) is 0 Å². The summed E-state index contributed by atoms with van der Waals surface area (Å²) >= 11 is 0. The molecule has 0 aliphatic rings. The average Bonchev–Trinajstić information content (AvgIpc) is 2.02. The van der Waals surface area contributed by atoms with Crippen molar-refractivity contribution < 1.29 is 0 Å². The second kappa shape index (κ2) is 5.57. The number of hydrogen-bond acceptors (Lipinski definition) is 2. The molecule has 1 atom stereocenters. The van der Waals surface area contributed by atoms with Gasteiger partial charge in [0.2, 0.25) is 0 Å². The maximum atomic E-state index is 7.29. The molecule has 0 amide bonds. The average molecular weight is 180 g/mol. The molecular weight excluding hydrogens is 160 g/mol. The molecule has 1 unspecified atom stereocenters. The van der Waals surface area contributed by atoms with Crippen LogP contribution in [0.15, 0.2) is 23.4 Å². The molecule has 3 N–H and O–H groups in total. The predicted molar refractivity (Wildman–Crippen MR) is 58.9 cm³/mol. The molecule has 0 spiro atoms. The minimum Gasteiger partial charge on any atom is -0.399 e. The molecule has 0 heterocycles. The van der Waals surface area contributed by atoms with Crippen LogP contribution in [0.2, 0.25) is 0 Å². The molecule has 0 aromatic heterocycles. The minimum atomic E-state index is 0.509. The fourth-order valence-electron chi connectivity index (χ4n) is 0.964. The van der Waals surface area contributed by atoms with Gasteiger partial charge in [0.1, 0.15) is 0 Å². The molecular formula is C11H20N2. The molecule has 2 nitrogen and oxygen atoms in total. The summed E-state index contributed by atoms with van der Waals surface area (Å²) in [6.45, 7) is 7.96. The molecule has 0 aliphatic carbocycles. The highest BCUT2D eigenvalue weighted by atomic mass is 14.6. The number of nitrogens with two attached hydrogens (primary N) is 1. The Bertz CT molecular complexity index is 236. The lowest BCUT2D eigenvalue weighted by molar-refractivity contribution is 0.692. The monoisotopic (exact) mass is 180 g/mol. The van der Waals surface area contributed by atoms with E-state index < -0.39 is 0 Å². The first-order valence-electron chi connectivity index (χ1n) is 4.68. The van der Waals surface area contributed by atoms with Gasteiger partial charge in [-0.25, -0.2) is 0 Å². The van der Waals surface area contributed by atoms with Crippen molar-refractivity contribution in [1.29, 1.82) is 5.41 Å². The van der Waals surface area contributed by atoms with E-state index in [9.17, 15) is 0 Å². The summed E-state index contributed by atoms with van der Waals surface area (Å²) in [5.41, 5.74) is 8.15. The van der Waals surface area contributed by atoms with Gasteiger partial charge in [-0.3, -0.25) is 0 Å². The fourth-order valence-corrected chi connectivity index (χ4v) is 0.964. The Hall–Kier alpha value is -1.05. The second-order valence-corrected chi connectivity index (χ2v) is 3.52. The summed E-state index contributed by atoms with van der Waals surface area (Å²) in [5.74, 6) is 0.509. The summed E-state index contributed by atoms with van der Waals surface area (Å²) < 4.78 is 0. The van der Waals surface area contributed by atoms with Crippen LogP contribution in [-0.4, -0.2) is 5.71 Å². The Balaban J connectivity index is 4.49. The molecule has 0 saturated carbocycles. The zero-order chi connectivity index (χ0) is 10.4. The van der Waals surface area contributed by atoms with Crippen LogP contribution in [0.4, 0.5) is 0 Å². The first kappa shape index (κ1) is 11.9. The van der Waals surface area contributed by atoms with Crippen molar-refractivity contribution in [3.63, 3.8) is 0 Å². The molecule has 2 heteroatoms. The standard InChI is InChI=1S/C11H20N2/c1-5-8(2)6-11(13)9(3)7-10(4)12/h6-8,12H,5,13H2,1-4H3/b9-7-,11-6+,12-10?. The van der Waals surface area contributed by atoms with E-state index in [4.69, 9.17) is 11.1 Å². The van der Waals surface area contributed by atoms with E-state index in [0.717, 1.165) is 17.7 Å². The first-order valence-corrected chi connectivity index (χ1v) is 4.68. The summed E-state index contributed by atoms with van der Waals surface area (Å²) in [6.07, 6.45) is 4.93. The Kier molecular flexibility index (Phi) is 5.12. The third kappa shape index (κ3) is 5.23. The van der Waals surface area contributed by atoms with E-state index in [0.29, 0.717) is 11.6 Å². The van der Waals surface area contributed by atoms with Gasteiger partial charge in [-0.1, -0.05) is 26.3 Å². The molecule has 74 valence electrons. The van der Waals surface area contributed by atoms with Gasteiger partial charge < -0.3 is 11.1 Å². The van der Waals surface area contributed by atoms with E-state index in [1.165, 1.54) is 0 Å². The zero-order valence-corrected chi connectivity index (χ0v) is 9.02. The van der Waals surface area contributed by atoms with Crippen molar-refractivity contribution >= 4 is 5.71 Å². The highest BCUT2D eigenvalue weighted by molar-refractivity contribution is 5.91. The van der Waals surface area contributed by atoms with Crippen molar-refractivity contribution in [2.45, 2.75) is 34.1 Å². The topological polar surface area (TPSA) is 49.9 Å². The predicted octanol–water partition coefficient (Wildman–Crippen LogP) is 2.86. The maximum absolute atomic E-state index is 7.29. The Morgan fingerprint density at radius 2 is 2.00 bits per heavy atom. The first-order chi connectivity index (χ1) is 5.97. The number of nitrogens with one attached hydrogen (secondary N) is 1. The van der Waals surface area contributed by atoms with Crippen LogP contribution in [0, 0.1) is 11.3 Å². The van der Waals surface area contributed by atoms with Crippen molar-refractivity contribution in [1.82, 2.24) is 0 Å². The molecule has 0 fully saturated rings. The molecule has 0 saturated heterocycles. The van der Waals surface area contributed by atoms with E-state index in [-0.39, 0.29) is 0 Å². The number of hydrogen-bond donors (Lipinski definition) is 2. The van der Waals surface area contributed by atoms with Crippen LogP contribution in [0.25, 0.3) is 0 Å². The molecule has 0 rings (SSSR count). The largest absolute Gasteiger partial charge is 0.399 e. The lowest BCUT2D eigenvalue weighted by atomic mass is 10.0. The SMILES string of the molecule is CCC(C)/C=C(N)\C(C)=C/C(C)=N. The van der Waals surface area contributed by atoms with E-state index >= 15 is 0 Å². The smallest absolute Gasteiger partial charge is 0.0306 e. The van der Waals surface area contributed by atoms with E-state index in [2.05, 4.69) is 19.9 Å². The van der Waals surface area contributed by atoms with Gasteiger partial charge >= 0.3 is 0 Å². The third-order valence-electron chi connectivity index (χ3n) is 2.00. The van der Waals surface area contributed by atoms with Gasteiger partial charge in [-0.15, -0.1) is 0 Å². The van der Waals surface area contributed by atoms with Gasteiger partial charge in [-0.05, 0) is 31.4 Å². The molecule has 0 aromatic rings. The van der Waals surface area contributed by atoms with Crippen molar-refractivity contribution in [2.24, 2.45) is 11.7 Å². The van der Waals surface area contributed by atoms with Crippen molar-refractivity contribution in [3.05, 3.63) is 23.4 Å². The summed E-state index contributed by atoms with van der Waals surface area (Å²) in [6, 6.07) is 0. The lowest BCUT2D eigenvalue weighted by Gasteiger charge is -2.05. The number of rotatable bonds is 4. The minimum absolute atomic E-state index is 0.509. The Labute approximate surface area is 81.0 Å². The van der Waals surface area contributed by atoms with E-state index in [1.54, 1.807) is 13.0 Å². The maximum Gasteiger partial charge on any atom is 0.0306 e. The van der Waals surface area contributed by atoms with Crippen LogP contribution >= 0.6 is 0 Å². The Morgan fingerprint density at radius 1 is 1.46 bits per heavy atom. The summed E-state index contributed by atoms with van der Waals surface area (Å²) in [7, 11) is 0. The fraction of sp³-hybridized carbons (Fsp3) is 0.545. The van der Waals surface area contributed by atoms with E-state index in [1.807, 2.05) is 6.92 Å². The van der Waals surface area contributed by atoms with Crippen LogP contribution in [0.5, 0.6) is 0 Å². The molecule has 0 radical (unpaired) electrons. The van der Waals surface area contributed by atoms with Gasteiger partial charge in [0.15, 0.2) is 0 Å². The van der Waals surface area contributed by atoms with Crippen molar-refractivity contribution in [3.8, 4) is 0 Å². The van der Waals surface area contributed by atoms with Gasteiger partial charge in [0.25, 0.3) is 0 Å². The highest BCUT2D eigenvalue weighted by Crippen LogP contribution is 2.09. The van der Waals surface area contributed by atoms with Gasteiger partial charge in [0, 0.05) is 11.4 Å². The highest BCUT2D eigenvalue weighted by Gasteiger charge is 1.98. The van der Waals surface area contributed by atoms with Crippen molar-refractivity contribution in [2.75, 3.05) is 0 Å². The quantitative estimate of drug-likeness (QED) is 0.507. The molecule has 0 aromatic carbocycles. The van der Waals surface area contributed by atoms with Crippen LogP contribution in [0.1, 0.15) is 34.1 Å². The summed E-state index contributed by atoms with van der Waals surface area (Å²) in [5, 5.41) is 7.29. The zero-order valence-electron chi connectivity index (χ0n) is 9.02. The normalized spacial score (nSPS) is 15.7. The number of allylic oxidation sites excluding steroid dienone is 3. The van der Waals surface area contributed by atoms with Crippen LogP contribution in [0.3, 0.4) is 0 Å². The molecule has 0 bridgehead atoms. The van der Waals surface area contributed by atoms with Gasteiger partial charge in [-0.2, -0.15) is 0 Å². The van der Waals surface area contributed by atoms with Crippen LogP contribution < -0.4 is 5.73 Å².